The van der Waals surface area contributed by atoms with Crippen LogP contribution in [-0.4, -0.2) is 36.0 Å². The highest BCUT2D eigenvalue weighted by atomic mass is 17.0. The molecule has 0 aliphatic rings. The maximum Gasteiger partial charge on any atom is 0.294 e. The Labute approximate surface area is 76.6 Å². The third-order valence-electron chi connectivity index (χ3n) is 0.951. The summed E-state index contributed by atoms with van der Waals surface area (Å²) in [6.45, 7) is -1.16. The Hall–Kier alpha value is -2.13. The molecule has 1 atom stereocenters. The van der Waals surface area contributed by atoms with E-state index in [9.17, 15) is 25.0 Å². The van der Waals surface area contributed by atoms with Gasteiger partial charge in [-0.25, -0.2) is 0 Å². The first-order valence-electron chi connectivity index (χ1n) is 3.20. The maximum atomic E-state index is 9.83. The van der Waals surface area contributed by atoms with E-state index in [1.807, 2.05) is 0 Å². The lowest BCUT2D eigenvalue weighted by Crippen LogP contribution is -2.29. The highest BCUT2D eigenvalue weighted by molar-refractivity contribution is 5.36. The van der Waals surface area contributed by atoms with E-state index in [1.165, 1.54) is 0 Å². The van der Waals surface area contributed by atoms with Crippen LogP contribution < -0.4 is 0 Å². The summed E-state index contributed by atoms with van der Waals surface area (Å²) in [4.78, 5) is 37.0. The predicted octanol–water partition coefficient (Wildman–Crippen LogP) is -1.06. The van der Waals surface area contributed by atoms with E-state index >= 15 is 0 Å². The molecule has 1 unspecified atom stereocenters. The number of hydrogen-bond donors (Lipinski definition) is 0. The van der Waals surface area contributed by atoms with Gasteiger partial charge in [0.1, 0.15) is 13.2 Å². The summed E-state index contributed by atoms with van der Waals surface area (Å²) in [5, 5.41) is 17.2. The molecule has 0 radical (unpaired) electrons. The lowest BCUT2D eigenvalue weighted by Gasteiger charge is -2.11. The molecule has 10 heteroatoms. The van der Waals surface area contributed by atoms with E-state index in [0.29, 0.717) is 0 Å². The second kappa shape index (κ2) is 6.39. The van der Waals surface area contributed by atoms with Crippen LogP contribution in [0.2, 0.25) is 0 Å². The van der Waals surface area contributed by atoms with Crippen LogP contribution in [0.25, 0.3) is 0 Å². The lowest BCUT2D eigenvalue weighted by molar-refractivity contribution is -0.790. The van der Waals surface area contributed by atoms with Crippen molar-refractivity contribution in [3.05, 3.63) is 20.2 Å². The molecule has 0 N–H and O–H groups in total. The van der Waals surface area contributed by atoms with Crippen molar-refractivity contribution in [3.8, 4) is 0 Å². The molecule has 80 valence electrons. The van der Waals surface area contributed by atoms with E-state index in [-0.39, 0.29) is 6.47 Å². The fourth-order valence-electron chi connectivity index (χ4n) is 0.521. The Kier molecular flexibility index (Phi) is 5.42. The zero-order valence-corrected chi connectivity index (χ0v) is 6.73. The van der Waals surface area contributed by atoms with Crippen LogP contribution in [0.1, 0.15) is 0 Å². The van der Waals surface area contributed by atoms with E-state index in [1.54, 1.807) is 0 Å². The highest BCUT2D eigenvalue weighted by Gasteiger charge is 2.16. The van der Waals surface area contributed by atoms with Gasteiger partial charge in [0.05, 0.1) is 0 Å². The highest BCUT2D eigenvalue weighted by Crippen LogP contribution is 1.95. The summed E-state index contributed by atoms with van der Waals surface area (Å²) in [5.74, 6) is 0. The molecule has 0 aliphatic heterocycles. The van der Waals surface area contributed by atoms with Gasteiger partial charge in [-0.15, -0.1) is 20.2 Å². The Balaban J connectivity index is 3.89. The summed E-state index contributed by atoms with van der Waals surface area (Å²) < 4.78 is 4.12. The molecule has 0 aliphatic carbocycles. The number of carbonyl (C=O) groups excluding carboxylic acids is 1. The third kappa shape index (κ3) is 6.57. The Morgan fingerprint density at radius 1 is 1.21 bits per heavy atom. The van der Waals surface area contributed by atoms with Gasteiger partial charge in [-0.2, -0.15) is 0 Å². The van der Waals surface area contributed by atoms with E-state index in [4.69, 9.17) is 0 Å². The van der Waals surface area contributed by atoms with Crippen LogP contribution in [0.5, 0.6) is 0 Å². The van der Waals surface area contributed by atoms with E-state index in [2.05, 4.69) is 14.4 Å². The van der Waals surface area contributed by atoms with Crippen LogP contribution in [-0.2, 0) is 19.2 Å². The van der Waals surface area contributed by atoms with Crippen molar-refractivity contribution in [2.24, 2.45) is 0 Å². The summed E-state index contributed by atoms with van der Waals surface area (Å²) >= 11 is 0. The zero-order valence-electron chi connectivity index (χ0n) is 6.73. The Morgan fingerprint density at radius 3 is 2.29 bits per heavy atom. The van der Waals surface area contributed by atoms with Crippen LogP contribution in [0.15, 0.2) is 0 Å². The molecule has 0 aromatic heterocycles. The van der Waals surface area contributed by atoms with Gasteiger partial charge in [0.2, 0.25) is 0 Å². The molecule has 14 heavy (non-hydrogen) atoms. The summed E-state index contributed by atoms with van der Waals surface area (Å²) in [6.07, 6.45) is -1.32. The maximum absolute atomic E-state index is 9.83. The summed E-state index contributed by atoms with van der Waals surface area (Å²) in [7, 11) is 0. The SMILES string of the molecule is O=COCC(CO[N+](=O)[O-])O[N+](=O)[O-]. The lowest BCUT2D eigenvalue weighted by atomic mass is 10.4. The fraction of sp³-hybridized carbons (Fsp3) is 0.750. The first-order valence-corrected chi connectivity index (χ1v) is 3.20. The topological polar surface area (TPSA) is 131 Å². The molecule has 0 heterocycles. The number of hydrogen-bond acceptors (Lipinski definition) is 8. The molecule has 0 aromatic carbocycles. The molecule has 0 rings (SSSR count). The molecular formula is C4H6N2O8. The van der Waals surface area contributed by atoms with Gasteiger partial charge in [0.25, 0.3) is 16.6 Å². The predicted molar refractivity (Wildman–Crippen MR) is 36.8 cm³/mol. The number of carbonyl (C=O) groups is 1. The Morgan fingerprint density at radius 2 is 1.86 bits per heavy atom. The third-order valence-corrected chi connectivity index (χ3v) is 0.951. The monoisotopic (exact) mass is 210 g/mol. The van der Waals surface area contributed by atoms with Gasteiger partial charge < -0.3 is 14.4 Å². The standard InChI is InChI=1S/C4H6N2O8/c7-3-12-1-4(14-6(10)11)2-13-5(8)9/h3-4H,1-2H2. The van der Waals surface area contributed by atoms with Crippen molar-refractivity contribution < 1.29 is 29.4 Å². The first kappa shape index (κ1) is 11.9. The van der Waals surface area contributed by atoms with Gasteiger partial charge >= 0.3 is 0 Å². The van der Waals surface area contributed by atoms with Gasteiger partial charge in [0, 0.05) is 0 Å². The van der Waals surface area contributed by atoms with Crippen molar-refractivity contribution in [1.82, 2.24) is 0 Å². The minimum Gasteiger partial charge on any atom is -0.465 e. The Bertz CT molecular complexity index is 217. The van der Waals surface area contributed by atoms with Crippen LogP contribution >= 0.6 is 0 Å². The van der Waals surface area contributed by atoms with Crippen LogP contribution in [0, 0.1) is 20.2 Å². The minimum absolute atomic E-state index is 0.0302. The largest absolute Gasteiger partial charge is 0.465 e. The van der Waals surface area contributed by atoms with Crippen LogP contribution in [0.4, 0.5) is 0 Å². The number of ether oxygens (including phenoxy) is 1. The van der Waals surface area contributed by atoms with E-state index in [0.717, 1.165) is 0 Å². The second-order valence-electron chi connectivity index (χ2n) is 1.90. The minimum atomic E-state index is -1.32. The molecule has 0 saturated heterocycles. The smallest absolute Gasteiger partial charge is 0.294 e. The fourth-order valence-corrected chi connectivity index (χ4v) is 0.521. The molecule has 0 amide bonds. The van der Waals surface area contributed by atoms with Crippen molar-refractivity contribution in [2.75, 3.05) is 13.2 Å². The van der Waals surface area contributed by atoms with Gasteiger partial charge in [-0.3, -0.25) is 4.79 Å². The van der Waals surface area contributed by atoms with E-state index < -0.39 is 29.5 Å². The molecule has 0 saturated carbocycles. The van der Waals surface area contributed by atoms with Crippen molar-refractivity contribution in [3.63, 3.8) is 0 Å². The first-order chi connectivity index (χ1) is 6.56. The molecule has 0 aromatic rings. The summed E-state index contributed by atoms with van der Waals surface area (Å²) in [6, 6.07) is 0. The van der Waals surface area contributed by atoms with Crippen molar-refractivity contribution in [1.29, 1.82) is 0 Å². The molecule has 0 spiro atoms. The number of rotatable bonds is 8. The normalized spacial score (nSPS) is 11.1. The summed E-state index contributed by atoms with van der Waals surface area (Å²) in [5.41, 5.74) is 0. The van der Waals surface area contributed by atoms with Crippen molar-refractivity contribution in [2.45, 2.75) is 6.10 Å². The van der Waals surface area contributed by atoms with Gasteiger partial charge in [0.15, 0.2) is 6.10 Å². The molecule has 0 fully saturated rings. The zero-order chi connectivity index (χ0) is 11.0. The number of nitrogens with zero attached hydrogens (tertiary/aromatic N) is 2. The second-order valence-corrected chi connectivity index (χ2v) is 1.90. The van der Waals surface area contributed by atoms with Crippen LogP contribution in [0.3, 0.4) is 0 Å². The average molecular weight is 210 g/mol. The van der Waals surface area contributed by atoms with Crippen molar-refractivity contribution >= 4 is 6.47 Å². The molecular weight excluding hydrogens is 204 g/mol. The quantitative estimate of drug-likeness (QED) is 0.281. The molecule has 10 nitrogen and oxygen atoms in total. The molecule has 0 bridgehead atoms. The van der Waals surface area contributed by atoms with Gasteiger partial charge in [-0.05, 0) is 0 Å². The van der Waals surface area contributed by atoms with Gasteiger partial charge in [-0.1, -0.05) is 0 Å². The average Bonchev–Trinajstić information content (AvgIpc) is 2.09.